The van der Waals surface area contributed by atoms with Crippen molar-refractivity contribution in [2.24, 2.45) is 0 Å². The predicted octanol–water partition coefficient (Wildman–Crippen LogP) is 3.66. The lowest BCUT2D eigenvalue weighted by atomic mass is 10.2. The summed E-state index contributed by atoms with van der Waals surface area (Å²) < 4.78 is 0.695. The van der Waals surface area contributed by atoms with Crippen molar-refractivity contribution in [3.8, 4) is 0 Å². The Morgan fingerprint density at radius 2 is 2.05 bits per heavy atom. The molecule has 1 N–H and O–H groups in total. The fraction of sp³-hybridized carbons (Fsp3) is 0.0714. The van der Waals surface area contributed by atoms with Gasteiger partial charge >= 0.3 is 0 Å². The summed E-state index contributed by atoms with van der Waals surface area (Å²) in [5.41, 5.74) is 3.35. The normalized spacial score (nSPS) is 10.8. The number of rotatable bonds is 5. The van der Waals surface area contributed by atoms with Gasteiger partial charge in [-0.1, -0.05) is 41.9 Å². The second-order valence-electron chi connectivity index (χ2n) is 3.72. The summed E-state index contributed by atoms with van der Waals surface area (Å²) in [5, 5.41) is 0. The minimum Gasteiger partial charge on any atom is -0.269 e. The lowest BCUT2D eigenvalue weighted by molar-refractivity contribution is -0.129. The SMILES string of the molecule is O=C(/C=C/c1ccc(Cl)s1)NOCc1ccccc1. The van der Waals surface area contributed by atoms with E-state index in [0.29, 0.717) is 10.9 Å². The highest BCUT2D eigenvalue weighted by Gasteiger charge is 1.98. The molecular weight excluding hydrogens is 282 g/mol. The van der Waals surface area contributed by atoms with Crippen LogP contribution in [0.5, 0.6) is 0 Å². The molecule has 0 saturated carbocycles. The molecule has 0 aliphatic carbocycles. The van der Waals surface area contributed by atoms with Crippen LogP contribution in [0.4, 0.5) is 0 Å². The zero-order valence-electron chi connectivity index (χ0n) is 10.0. The summed E-state index contributed by atoms with van der Waals surface area (Å²) in [7, 11) is 0. The van der Waals surface area contributed by atoms with E-state index < -0.39 is 0 Å². The molecule has 1 heterocycles. The number of amides is 1. The molecule has 19 heavy (non-hydrogen) atoms. The number of hydrogen-bond acceptors (Lipinski definition) is 3. The molecule has 2 aromatic rings. The van der Waals surface area contributed by atoms with Crippen LogP contribution in [-0.4, -0.2) is 5.91 Å². The van der Waals surface area contributed by atoms with Gasteiger partial charge in [0.2, 0.25) is 0 Å². The first-order valence-electron chi connectivity index (χ1n) is 5.63. The van der Waals surface area contributed by atoms with Crippen molar-refractivity contribution in [2.75, 3.05) is 0 Å². The van der Waals surface area contributed by atoms with Gasteiger partial charge in [-0.2, -0.15) is 0 Å². The van der Waals surface area contributed by atoms with Crippen molar-refractivity contribution < 1.29 is 9.63 Å². The van der Waals surface area contributed by atoms with Crippen LogP contribution in [0.1, 0.15) is 10.4 Å². The summed E-state index contributed by atoms with van der Waals surface area (Å²) in [6, 6.07) is 13.3. The topological polar surface area (TPSA) is 38.3 Å². The summed E-state index contributed by atoms with van der Waals surface area (Å²) >= 11 is 7.19. The maximum Gasteiger partial charge on any atom is 0.267 e. The van der Waals surface area contributed by atoms with Gasteiger partial charge in [0, 0.05) is 11.0 Å². The zero-order valence-corrected chi connectivity index (χ0v) is 11.6. The highest BCUT2D eigenvalue weighted by atomic mass is 35.5. The average molecular weight is 294 g/mol. The molecule has 5 heteroatoms. The van der Waals surface area contributed by atoms with Gasteiger partial charge in [0.15, 0.2) is 0 Å². The Kier molecular flexibility index (Phi) is 5.15. The highest BCUT2D eigenvalue weighted by molar-refractivity contribution is 7.17. The molecule has 0 spiro atoms. The minimum absolute atomic E-state index is 0.305. The minimum atomic E-state index is -0.305. The maximum absolute atomic E-state index is 11.5. The number of carbonyl (C=O) groups is 1. The molecule has 2 rings (SSSR count). The van der Waals surface area contributed by atoms with E-state index in [1.54, 1.807) is 12.1 Å². The lowest BCUT2D eigenvalue weighted by Gasteiger charge is -2.03. The summed E-state index contributed by atoms with van der Waals surface area (Å²) in [6.07, 6.45) is 3.10. The molecule has 1 amide bonds. The Balaban J connectivity index is 1.74. The average Bonchev–Trinajstić information content (AvgIpc) is 2.83. The van der Waals surface area contributed by atoms with Crippen molar-refractivity contribution in [2.45, 2.75) is 6.61 Å². The van der Waals surface area contributed by atoms with Crippen LogP contribution in [0.2, 0.25) is 4.34 Å². The second-order valence-corrected chi connectivity index (χ2v) is 5.46. The van der Waals surface area contributed by atoms with Gasteiger partial charge in [0.05, 0.1) is 10.9 Å². The van der Waals surface area contributed by atoms with Gasteiger partial charge in [-0.3, -0.25) is 9.63 Å². The zero-order chi connectivity index (χ0) is 13.5. The number of hydroxylamine groups is 1. The molecule has 0 fully saturated rings. The van der Waals surface area contributed by atoms with Crippen LogP contribution in [-0.2, 0) is 16.2 Å². The van der Waals surface area contributed by atoms with E-state index in [-0.39, 0.29) is 5.91 Å². The fourth-order valence-electron chi connectivity index (χ4n) is 1.37. The maximum atomic E-state index is 11.5. The molecule has 0 unspecified atom stereocenters. The Labute approximate surface area is 120 Å². The number of benzene rings is 1. The fourth-order valence-corrected chi connectivity index (χ4v) is 2.34. The van der Waals surface area contributed by atoms with Crippen molar-refractivity contribution in [1.82, 2.24) is 5.48 Å². The number of carbonyl (C=O) groups excluding carboxylic acids is 1. The molecule has 98 valence electrons. The monoisotopic (exact) mass is 293 g/mol. The Bertz CT molecular complexity index is 566. The van der Waals surface area contributed by atoms with Crippen LogP contribution in [0.15, 0.2) is 48.5 Å². The quantitative estimate of drug-likeness (QED) is 0.675. The molecule has 0 bridgehead atoms. The van der Waals surface area contributed by atoms with Crippen molar-refractivity contribution >= 4 is 34.9 Å². The lowest BCUT2D eigenvalue weighted by Crippen LogP contribution is -2.21. The first-order chi connectivity index (χ1) is 9.24. The molecule has 1 aromatic carbocycles. The summed E-state index contributed by atoms with van der Waals surface area (Å²) in [5.74, 6) is -0.305. The van der Waals surface area contributed by atoms with E-state index in [1.807, 2.05) is 36.4 Å². The first-order valence-corrected chi connectivity index (χ1v) is 6.82. The van der Waals surface area contributed by atoms with Gasteiger partial charge < -0.3 is 0 Å². The Morgan fingerprint density at radius 1 is 1.26 bits per heavy atom. The van der Waals surface area contributed by atoms with E-state index in [0.717, 1.165) is 10.4 Å². The molecule has 0 atom stereocenters. The standard InChI is InChI=1S/C14H12ClNO2S/c15-13-8-6-12(19-13)7-9-14(17)16-18-10-11-4-2-1-3-5-11/h1-9H,10H2,(H,16,17)/b9-7+. The molecule has 1 aromatic heterocycles. The molecular formula is C14H12ClNO2S. The van der Waals surface area contributed by atoms with Crippen LogP contribution in [0.25, 0.3) is 6.08 Å². The second kappa shape index (κ2) is 7.09. The van der Waals surface area contributed by atoms with Crippen LogP contribution in [0, 0.1) is 0 Å². The van der Waals surface area contributed by atoms with Gasteiger partial charge in [0.25, 0.3) is 5.91 Å². The van der Waals surface area contributed by atoms with Gasteiger partial charge in [-0.05, 0) is 23.8 Å². The van der Waals surface area contributed by atoms with E-state index in [2.05, 4.69) is 5.48 Å². The third-order valence-electron chi connectivity index (χ3n) is 2.25. The molecule has 0 radical (unpaired) electrons. The molecule has 0 saturated heterocycles. The van der Waals surface area contributed by atoms with Crippen LogP contribution < -0.4 is 5.48 Å². The van der Waals surface area contributed by atoms with Gasteiger partial charge in [-0.15, -0.1) is 11.3 Å². The van der Waals surface area contributed by atoms with Gasteiger partial charge in [0.1, 0.15) is 0 Å². The van der Waals surface area contributed by atoms with Crippen molar-refractivity contribution in [3.63, 3.8) is 0 Å². The molecule has 0 aliphatic rings. The number of thiophene rings is 1. The Morgan fingerprint density at radius 3 is 2.74 bits per heavy atom. The van der Waals surface area contributed by atoms with Crippen LogP contribution in [0.3, 0.4) is 0 Å². The third kappa shape index (κ3) is 4.87. The van der Waals surface area contributed by atoms with E-state index in [4.69, 9.17) is 16.4 Å². The molecule has 3 nitrogen and oxygen atoms in total. The highest BCUT2D eigenvalue weighted by Crippen LogP contribution is 2.22. The smallest absolute Gasteiger partial charge is 0.267 e. The molecule has 0 aliphatic heterocycles. The van der Waals surface area contributed by atoms with Gasteiger partial charge in [-0.25, -0.2) is 5.48 Å². The Hall–Kier alpha value is -1.62. The number of halogens is 1. The number of nitrogens with one attached hydrogen (secondary N) is 1. The summed E-state index contributed by atoms with van der Waals surface area (Å²) in [4.78, 5) is 17.5. The van der Waals surface area contributed by atoms with Crippen molar-refractivity contribution in [3.05, 3.63) is 63.3 Å². The van der Waals surface area contributed by atoms with E-state index in [1.165, 1.54) is 17.4 Å². The van der Waals surface area contributed by atoms with Crippen LogP contribution >= 0.6 is 22.9 Å². The van der Waals surface area contributed by atoms with E-state index in [9.17, 15) is 4.79 Å². The van der Waals surface area contributed by atoms with Crippen molar-refractivity contribution in [1.29, 1.82) is 0 Å². The largest absolute Gasteiger partial charge is 0.269 e. The summed E-state index contributed by atoms with van der Waals surface area (Å²) in [6.45, 7) is 0.339. The predicted molar refractivity (Wildman–Crippen MR) is 77.7 cm³/mol. The first kappa shape index (κ1) is 13.8. The third-order valence-corrected chi connectivity index (χ3v) is 3.44. The number of hydrogen-bond donors (Lipinski definition) is 1. The van der Waals surface area contributed by atoms with E-state index >= 15 is 0 Å².